The number of likely N-dealkylation sites (tertiary alicyclic amines) is 1. The van der Waals surface area contributed by atoms with Gasteiger partial charge in [0.25, 0.3) is 5.91 Å². The number of likely N-dealkylation sites (N-methyl/N-ethyl adjacent to an activating group) is 1. The van der Waals surface area contributed by atoms with Crippen molar-refractivity contribution < 1.29 is 9.53 Å². The fourth-order valence-electron chi connectivity index (χ4n) is 4.12. The van der Waals surface area contributed by atoms with E-state index in [4.69, 9.17) is 4.74 Å². The van der Waals surface area contributed by atoms with Crippen LogP contribution in [0.1, 0.15) is 59.8 Å². The van der Waals surface area contributed by atoms with Crippen molar-refractivity contribution in [3.8, 4) is 0 Å². The van der Waals surface area contributed by atoms with Crippen LogP contribution in [0.2, 0.25) is 0 Å². The monoisotopic (exact) mass is 383 g/mol. The van der Waals surface area contributed by atoms with Gasteiger partial charge in [-0.15, -0.1) is 10.2 Å². The first-order chi connectivity index (χ1) is 13.7. The minimum absolute atomic E-state index is 0.00834. The first kappa shape index (κ1) is 19.1. The molecule has 0 aliphatic carbocycles. The Morgan fingerprint density at radius 1 is 1.14 bits per heavy atom. The number of aromatic nitrogens is 3. The standard InChI is InChI=1S/C21H29N5O2/c1-3-28-15-16-7-9-17(10-8-16)21(27)25-11-5-4-6-18(25)20-23-22-19-14-24(2)12-13-26(19)20/h7-10,18H,3-6,11-15H2,1-2H3. The van der Waals surface area contributed by atoms with Gasteiger partial charge in [-0.2, -0.15) is 0 Å². The second-order valence-electron chi connectivity index (χ2n) is 7.71. The van der Waals surface area contributed by atoms with Crippen molar-refractivity contribution in [3.05, 3.63) is 47.0 Å². The molecule has 1 aromatic carbocycles. The Morgan fingerprint density at radius 2 is 1.96 bits per heavy atom. The van der Waals surface area contributed by atoms with E-state index in [1.807, 2.05) is 36.1 Å². The molecule has 2 aliphatic heterocycles. The van der Waals surface area contributed by atoms with Crippen molar-refractivity contribution in [2.24, 2.45) is 0 Å². The predicted octanol–water partition coefficient (Wildman–Crippen LogP) is 2.63. The number of benzene rings is 1. The second-order valence-corrected chi connectivity index (χ2v) is 7.71. The number of hydrogen-bond acceptors (Lipinski definition) is 5. The molecule has 1 amide bonds. The summed E-state index contributed by atoms with van der Waals surface area (Å²) in [4.78, 5) is 17.5. The molecule has 2 aromatic rings. The maximum Gasteiger partial charge on any atom is 0.254 e. The topological polar surface area (TPSA) is 63.5 Å². The summed E-state index contributed by atoms with van der Waals surface area (Å²) < 4.78 is 7.67. The molecule has 1 fully saturated rings. The van der Waals surface area contributed by atoms with Crippen molar-refractivity contribution in [2.75, 3.05) is 26.7 Å². The summed E-state index contributed by atoms with van der Waals surface area (Å²) in [5.74, 6) is 2.03. The third kappa shape index (κ3) is 3.82. The lowest BCUT2D eigenvalue weighted by Crippen LogP contribution is -2.40. The summed E-state index contributed by atoms with van der Waals surface area (Å²) in [5.41, 5.74) is 1.81. The van der Waals surface area contributed by atoms with E-state index in [0.717, 1.165) is 68.2 Å². The van der Waals surface area contributed by atoms with Crippen LogP contribution in [0.15, 0.2) is 24.3 Å². The number of nitrogens with zero attached hydrogens (tertiary/aromatic N) is 5. The van der Waals surface area contributed by atoms with Crippen LogP contribution in [0.25, 0.3) is 0 Å². The molecule has 1 aromatic heterocycles. The first-order valence-corrected chi connectivity index (χ1v) is 10.3. The summed E-state index contributed by atoms with van der Waals surface area (Å²) in [6.07, 6.45) is 3.10. The highest BCUT2D eigenvalue weighted by molar-refractivity contribution is 5.94. The minimum atomic E-state index is 0.00834. The highest BCUT2D eigenvalue weighted by Crippen LogP contribution is 2.32. The number of carbonyl (C=O) groups excluding carboxylic acids is 1. The van der Waals surface area contributed by atoms with Crippen LogP contribution in [-0.2, 0) is 24.4 Å². The van der Waals surface area contributed by atoms with Crippen molar-refractivity contribution >= 4 is 5.91 Å². The van der Waals surface area contributed by atoms with Gasteiger partial charge in [-0.25, -0.2) is 0 Å². The third-order valence-corrected chi connectivity index (χ3v) is 5.71. The maximum atomic E-state index is 13.3. The quantitative estimate of drug-likeness (QED) is 0.794. The van der Waals surface area contributed by atoms with Crippen LogP contribution in [-0.4, -0.2) is 57.2 Å². The van der Waals surface area contributed by atoms with Gasteiger partial charge in [-0.05, 0) is 50.9 Å². The van der Waals surface area contributed by atoms with Gasteiger partial charge in [0.05, 0.1) is 19.2 Å². The van der Waals surface area contributed by atoms with Crippen LogP contribution in [0, 0.1) is 0 Å². The molecule has 2 aliphatic rings. The molecule has 7 heteroatoms. The largest absolute Gasteiger partial charge is 0.377 e. The zero-order chi connectivity index (χ0) is 19.5. The Balaban J connectivity index is 1.55. The molecule has 3 heterocycles. The molecule has 4 rings (SSSR count). The molecule has 0 bridgehead atoms. The fourth-order valence-corrected chi connectivity index (χ4v) is 4.12. The van der Waals surface area contributed by atoms with Gasteiger partial charge in [0, 0.05) is 31.8 Å². The number of piperidine rings is 1. The predicted molar refractivity (Wildman–Crippen MR) is 106 cm³/mol. The summed E-state index contributed by atoms with van der Waals surface area (Å²) in [7, 11) is 2.10. The molecular weight excluding hydrogens is 354 g/mol. The third-order valence-electron chi connectivity index (χ3n) is 5.71. The van der Waals surface area contributed by atoms with Crippen LogP contribution < -0.4 is 0 Å². The normalized spacial score (nSPS) is 20.2. The van der Waals surface area contributed by atoms with E-state index in [1.54, 1.807) is 0 Å². The number of ether oxygens (including phenoxy) is 1. The van der Waals surface area contributed by atoms with E-state index < -0.39 is 0 Å². The highest BCUT2D eigenvalue weighted by atomic mass is 16.5. The lowest BCUT2D eigenvalue weighted by molar-refractivity contribution is 0.0591. The van der Waals surface area contributed by atoms with Crippen molar-refractivity contribution in [1.82, 2.24) is 24.6 Å². The number of amides is 1. The van der Waals surface area contributed by atoms with E-state index >= 15 is 0 Å². The van der Waals surface area contributed by atoms with Gasteiger partial charge in [-0.1, -0.05) is 12.1 Å². The summed E-state index contributed by atoms with van der Waals surface area (Å²) in [6, 6.07) is 7.80. The Hall–Kier alpha value is -2.25. The van der Waals surface area contributed by atoms with Gasteiger partial charge in [-0.3, -0.25) is 9.69 Å². The van der Waals surface area contributed by atoms with Gasteiger partial charge >= 0.3 is 0 Å². The summed E-state index contributed by atoms with van der Waals surface area (Å²) >= 11 is 0. The van der Waals surface area contributed by atoms with Crippen LogP contribution in [0.3, 0.4) is 0 Å². The van der Waals surface area contributed by atoms with Crippen molar-refractivity contribution in [1.29, 1.82) is 0 Å². The van der Waals surface area contributed by atoms with E-state index in [2.05, 4.69) is 26.7 Å². The Kier molecular flexibility index (Phi) is 5.73. The van der Waals surface area contributed by atoms with Crippen molar-refractivity contribution in [2.45, 2.75) is 51.9 Å². The van der Waals surface area contributed by atoms with E-state index in [0.29, 0.717) is 13.2 Å². The minimum Gasteiger partial charge on any atom is -0.377 e. The molecular formula is C21H29N5O2. The molecule has 28 heavy (non-hydrogen) atoms. The average molecular weight is 383 g/mol. The Morgan fingerprint density at radius 3 is 2.75 bits per heavy atom. The molecule has 1 atom stereocenters. The van der Waals surface area contributed by atoms with Gasteiger partial charge in [0.15, 0.2) is 5.82 Å². The van der Waals surface area contributed by atoms with Gasteiger partial charge in [0.1, 0.15) is 5.82 Å². The number of rotatable bonds is 5. The number of carbonyl (C=O) groups is 1. The molecule has 0 radical (unpaired) electrons. The number of fused-ring (bicyclic) bond motifs is 1. The number of hydrogen-bond donors (Lipinski definition) is 0. The highest BCUT2D eigenvalue weighted by Gasteiger charge is 2.33. The molecule has 7 nitrogen and oxygen atoms in total. The zero-order valence-corrected chi connectivity index (χ0v) is 16.8. The maximum absolute atomic E-state index is 13.3. The fraction of sp³-hybridized carbons (Fsp3) is 0.571. The van der Waals surface area contributed by atoms with Crippen molar-refractivity contribution in [3.63, 3.8) is 0 Å². The molecule has 1 saturated heterocycles. The lowest BCUT2D eigenvalue weighted by atomic mass is 9.99. The van der Waals surface area contributed by atoms with E-state index in [1.165, 1.54) is 0 Å². The summed E-state index contributed by atoms with van der Waals surface area (Å²) in [6.45, 7) is 6.71. The van der Waals surface area contributed by atoms with E-state index in [9.17, 15) is 4.79 Å². The van der Waals surface area contributed by atoms with Crippen LogP contribution in [0.4, 0.5) is 0 Å². The van der Waals surface area contributed by atoms with Gasteiger partial charge < -0.3 is 14.2 Å². The van der Waals surface area contributed by atoms with Crippen LogP contribution >= 0.6 is 0 Å². The summed E-state index contributed by atoms with van der Waals surface area (Å²) in [5, 5.41) is 8.91. The average Bonchev–Trinajstić information content (AvgIpc) is 3.15. The van der Waals surface area contributed by atoms with Gasteiger partial charge in [0.2, 0.25) is 0 Å². The molecule has 1 unspecified atom stereocenters. The lowest BCUT2D eigenvalue weighted by Gasteiger charge is -2.36. The molecule has 150 valence electrons. The molecule has 0 saturated carbocycles. The van der Waals surface area contributed by atoms with E-state index in [-0.39, 0.29) is 11.9 Å². The zero-order valence-electron chi connectivity index (χ0n) is 16.8. The molecule has 0 N–H and O–H groups in total. The smallest absolute Gasteiger partial charge is 0.254 e. The molecule has 0 spiro atoms. The van der Waals surface area contributed by atoms with Crippen LogP contribution in [0.5, 0.6) is 0 Å². The first-order valence-electron chi connectivity index (χ1n) is 10.3. The Bertz CT molecular complexity index is 817. The second kappa shape index (κ2) is 8.41. The Labute approximate surface area is 166 Å². The SMILES string of the molecule is CCOCc1ccc(C(=O)N2CCCCC2c2nnc3n2CCN(C)C3)cc1.